The summed E-state index contributed by atoms with van der Waals surface area (Å²) in [6, 6.07) is 8.20. The first-order valence-corrected chi connectivity index (χ1v) is 11.4. The highest BCUT2D eigenvalue weighted by molar-refractivity contribution is 5.86. The van der Waals surface area contributed by atoms with Crippen molar-refractivity contribution >= 4 is 22.6 Å². The molecule has 2 fully saturated rings. The molecule has 2 atom stereocenters. The minimum atomic E-state index is -0.0900. The number of benzene rings is 1. The number of hydrogen-bond donors (Lipinski definition) is 0. The molecule has 4 rings (SSSR count). The van der Waals surface area contributed by atoms with E-state index in [-0.39, 0.29) is 17.7 Å². The molecule has 2 aromatic rings. The Kier molecular flexibility index (Phi) is 6.35. The van der Waals surface area contributed by atoms with E-state index in [9.17, 15) is 9.59 Å². The van der Waals surface area contributed by atoms with Crippen molar-refractivity contribution in [1.29, 1.82) is 0 Å². The lowest BCUT2D eigenvalue weighted by molar-refractivity contribution is -0.143. The Bertz CT molecular complexity index is 899. The van der Waals surface area contributed by atoms with E-state index < -0.39 is 0 Å². The molecular weight excluding hydrogens is 374 g/mol. The maximum atomic E-state index is 13.1. The Balaban J connectivity index is 1.33. The van der Waals surface area contributed by atoms with Crippen LogP contribution in [0.25, 0.3) is 10.8 Å². The van der Waals surface area contributed by atoms with Crippen LogP contribution in [0.1, 0.15) is 45.1 Å². The first kappa shape index (κ1) is 20.8. The smallest absolute Gasteiger partial charge is 0.225 e. The van der Waals surface area contributed by atoms with E-state index in [1.807, 2.05) is 36.4 Å². The number of carbonyl (C=O) groups is 2. The minimum absolute atomic E-state index is 0.0805. The predicted octanol–water partition coefficient (Wildman–Crippen LogP) is 3.91. The Hall–Kier alpha value is -2.43. The number of hydrogen-bond acceptors (Lipinski definition) is 3. The molecule has 2 aliphatic rings. The highest BCUT2D eigenvalue weighted by atomic mass is 16.2. The summed E-state index contributed by atoms with van der Waals surface area (Å²) in [6.07, 6.45) is 8.37. The maximum absolute atomic E-state index is 13.1. The third-order valence-corrected chi connectivity index (χ3v) is 6.82. The summed E-state index contributed by atoms with van der Waals surface area (Å²) in [4.78, 5) is 34.3. The largest absolute Gasteiger partial charge is 0.342 e. The zero-order valence-electron chi connectivity index (χ0n) is 18.2. The van der Waals surface area contributed by atoms with Crippen LogP contribution in [-0.2, 0) is 16.0 Å². The minimum Gasteiger partial charge on any atom is -0.342 e. The molecule has 30 heavy (non-hydrogen) atoms. The van der Waals surface area contributed by atoms with Gasteiger partial charge in [-0.25, -0.2) is 0 Å². The number of pyridine rings is 1. The second kappa shape index (κ2) is 9.15. The molecular formula is C25H33N3O2. The van der Waals surface area contributed by atoms with Gasteiger partial charge in [-0.05, 0) is 49.0 Å². The fraction of sp³-hybridized carbons (Fsp3) is 0.560. The average Bonchev–Trinajstić information content (AvgIpc) is 2.78. The van der Waals surface area contributed by atoms with Crippen LogP contribution < -0.4 is 0 Å². The summed E-state index contributed by atoms with van der Waals surface area (Å²) in [6.45, 7) is 7.42. The molecule has 1 aromatic carbocycles. The standard InChI is InChI=1S/C25H33N3O2/c1-18-6-5-11-28(17-18)25(30)20-9-12-27(13-10-20)24(29)19(2)14-22-16-26-15-21-7-3-4-8-23(21)22/h3-4,7-8,15-16,18-20H,5-6,9-14,17H2,1-2H3/t18-,19-/m0/s1. The van der Waals surface area contributed by atoms with Crippen LogP contribution in [0.4, 0.5) is 0 Å². The van der Waals surface area contributed by atoms with Crippen LogP contribution in [0, 0.1) is 17.8 Å². The number of carbonyl (C=O) groups excluding carboxylic acids is 2. The van der Waals surface area contributed by atoms with E-state index in [0.717, 1.165) is 43.3 Å². The Morgan fingerprint density at radius 2 is 1.83 bits per heavy atom. The van der Waals surface area contributed by atoms with Crippen LogP contribution in [0.2, 0.25) is 0 Å². The molecule has 5 nitrogen and oxygen atoms in total. The summed E-state index contributed by atoms with van der Waals surface area (Å²) in [7, 11) is 0. The topological polar surface area (TPSA) is 53.5 Å². The Labute approximate surface area is 179 Å². The molecule has 0 radical (unpaired) electrons. The van der Waals surface area contributed by atoms with Gasteiger partial charge < -0.3 is 9.80 Å². The van der Waals surface area contributed by atoms with Crippen molar-refractivity contribution < 1.29 is 9.59 Å². The van der Waals surface area contributed by atoms with E-state index in [0.29, 0.717) is 31.3 Å². The van der Waals surface area contributed by atoms with E-state index in [4.69, 9.17) is 0 Å². The predicted molar refractivity (Wildman–Crippen MR) is 119 cm³/mol. The highest BCUT2D eigenvalue weighted by Crippen LogP contribution is 2.26. The van der Waals surface area contributed by atoms with Crippen molar-refractivity contribution in [2.45, 2.75) is 46.0 Å². The summed E-state index contributed by atoms with van der Waals surface area (Å²) in [5, 5.41) is 2.29. The van der Waals surface area contributed by atoms with Gasteiger partial charge >= 0.3 is 0 Å². The Morgan fingerprint density at radius 1 is 1.07 bits per heavy atom. The van der Waals surface area contributed by atoms with Crippen LogP contribution in [0.5, 0.6) is 0 Å². The SMILES string of the molecule is C[C@H]1CCCN(C(=O)C2CCN(C(=O)[C@@H](C)Cc3cncc4ccccc34)CC2)C1. The average molecular weight is 408 g/mol. The number of aromatic nitrogens is 1. The second-order valence-corrected chi connectivity index (χ2v) is 9.26. The molecule has 2 aliphatic heterocycles. The first-order valence-electron chi connectivity index (χ1n) is 11.4. The van der Waals surface area contributed by atoms with Gasteiger partial charge in [0.25, 0.3) is 0 Å². The summed E-state index contributed by atoms with van der Waals surface area (Å²) in [5.41, 5.74) is 1.12. The lowest BCUT2D eigenvalue weighted by Crippen LogP contribution is -2.47. The molecule has 5 heteroatoms. The van der Waals surface area contributed by atoms with Crippen molar-refractivity contribution in [3.63, 3.8) is 0 Å². The van der Waals surface area contributed by atoms with Crippen molar-refractivity contribution in [1.82, 2.24) is 14.8 Å². The number of fused-ring (bicyclic) bond motifs is 1. The zero-order chi connectivity index (χ0) is 21.1. The molecule has 2 amide bonds. The van der Waals surface area contributed by atoms with Gasteiger partial charge in [0.2, 0.25) is 11.8 Å². The maximum Gasteiger partial charge on any atom is 0.225 e. The van der Waals surface area contributed by atoms with Gasteiger partial charge in [-0.1, -0.05) is 38.1 Å². The van der Waals surface area contributed by atoms with Gasteiger partial charge in [0, 0.05) is 55.8 Å². The molecule has 0 unspecified atom stereocenters. The van der Waals surface area contributed by atoms with Crippen molar-refractivity contribution in [2.24, 2.45) is 17.8 Å². The van der Waals surface area contributed by atoms with Crippen molar-refractivity contribution in [3.05, 3.63) is 42.2 Å². The lowest BCUT2D eigenvalue weighted by atomic mass is 9.91. The number of rotatable bonds is 4. The first-order chi connectivity index (χ1) is 14.5. The zero-order valence-corrected chi connectivity index (χ0v) is 18.2. The highest BCUT2D eigenvalue weighted by Gasteiger charge is 2.32. The monoisotopic (exact) mass is 407 g/mol. The molecule has 0 aliphatic carbocycles. The van der Waals surface area contributed by atoms with Crippen LogP contribution in [0.15, 0.2) is 36.7 Å². The molecule has 3 heterocycles. The third-order valence-electron chi connectivity index (χ3n) is 6.82. The Morgan fingerprint density at radius 3 is 2.60 bits per heavy atom. The fourth-order valence-corrected chi connectivity index (χ4v) is 5.07. The van der Waals surface area contributed by atoms with Gasteiger partial charge in [-0.2, -0.15) is 0 Å². The molecule has 0 spiro atoms. The number of piperidine rings is 2. The number of likely N-dealkylation sites (tertiary alicyclic amines) is 2. The second-order valence-electron chi connectivity index (χ2n) is 9.26. The van der Waals surface area contributed by atoms with Crippen LogP contribution in [0.3, 0.4) is 0 Å². The fourth-order valence-electron chi connectivity index (χ4n) is 5.07. The van der Waals surface area contributed by atoms with E-state index in [1.54, 1.807) is 0 Å². The summed E-state index contributed by atoms with van der Waals surface area (Å²) < 4.78 is 0. The van der Waals surface area contributed by atoms with Gasteiger partial charge in [-0.3, -0.25) is 14.6 Å². The van der Waals surface area contributed by atoms with E-state index >= 15 is 0 Å². The third kappa shape index (κ3) is 4.50. The van der Waals surface area contributed by atoms with E-state index in [2.05, 4.69) is 28.9 Å². The number of amides is 2. The van der Waals surface area contributed by atoms with Gasteiger partial charge in [0.1, 0.15) is 0 Å². The molecule has 0 N–H and O–H groups in total. The van der Waals surface area contributed by atoms with Gasteiger partial charge in [0.15, 0.2) is 0 Å². The van der Waals surface area contributed by atoms with Crippen molar-refractivity contribution in [2.75, 3.05) is 26.2 Å². The van der Waals surface area contributed by atoms with Gasteiger partial charge in [-0.15, -0.1) is 0 Å². The molecule has 160 valence electrons. The molecule has 0 saturated carbocycles. The van der Waals surface area contributed by atoms with Crippen LogP contribution in [-0.4, -0.2) is 52.8 Å². The normalized spacial score (nSPS) is 21.6. The quantitative estimate of drug-likeness (QED) is 0.772. The van der Waals surface area contributed by atoms with Gasteiger partial charge in [0.05, 0.1) is 0 Å². The number of nitrogens with zero attached hydrogens (tertiary/aromatic N) is 3. The lowest BCUT2D eigenvalue weighted by Gasteiger charge is -2.37. The molecule has 1 aromatic heterocycles. The van der Waals surface area contributed by atoms with Crippen LogP contribution >= 0.6 is 0 Å². The summed E-state index contributed by atoms with van der Waals surface area (Å²) >= 11 is 0. The molecule has 2 saturated heterocycles. The molecule has 0 bridgehead atoms. The van der Waals surface area contributed by atoms with Crippen molar-refractivity contribution in [3.8, 4) is 0 Å². The summed E-state index contributed by atoms with van der Waals surface area (Å²) in [5.74, 6) is 1.10. The van der Waals surface area contributed by atoms with E-state index in [1.165, 1.54) is 11.8 Å².